The summed E-state index contributed by atoms with van der Waals surface area (Å²) >= 11 is 0. The Morgan fingerprint density at radius 1 is 1.50 bits per heavy atom. The van der Waals surface area contributed by atoms with Gasteiger partial charge in [-0.15, -0.1) is 0 Å². The van der Waals surface area contributed by atoms with Crippen LogP contribution in [0.3, 0.4) is 0 Å². The molecule has 0 radical (unpaired) electrons. The number of benzene rings is 1. The van der Waals surface area contributed by atoms with Gasteiger partial charge in [0.15, 0.2) is 0 Å². The second-order valence-corrected chi connectivity index (χ2v) is 3.00. The first-order valence-corrected chi connectivity index (χ1v) is 4.03. The summed E-state index contributed by atoms with van der Waals surface area (Å²) in [4.78, 5) is 15.6. The van der Waals surface area contributed by atoms with Gasteiger partial charge >= 0.3 is 0 Å². The van der Waals surface area contributed by atoms with Crippen LogP contribution in [-0.4, -0.2) is 9.66 Å². The maximum Gasteiger partial charge on any atom is 0.279 e. The average Bonchev–Trinajstić information content (AvgIpc) is 2.16. The van der Waals surface area contributed by atoms with Gasteiger partial charge < -0.3 is 5.84 Å². The van der Waals surface area contributed by atoms with Crippen LogP contribution in [-0.2, 0) is 0 Å². The van der Waals surface area contributed by atoms with Crippen molar-refractivity contribution in [3.05, 3.63) is 40.2 Å². The molecule has 0 unspecified atom stereocenters. The molecule has 2 rings (SSSR count). The lowest BCUT2D eigenvalue weighted by atomic mass is 10.2. The molecule has 1 aromatic heterocycles. The lowest BCUT2D eigenvalue weighted by Crippen LogP contribution is -2.30. The van der Waals surface area contributed by atoms with Gasteiger partial charge in [0, 0.05) is 0 Å². The van der Waals surface area contributed by atoms with Crippen molar-refractivity contribution in [3.63, 3.8) is 0 Å². The summed E-state index contributed by atoms with van der Waals surface area (Å²) < 4.78 is 13.7. The monoisotopic (exact) mass is 193 g/mol. The number of halogens is 1. The molecule has 5 heteroatoms. The third kappa shape index (κ3) is 1.14. The fraction of sp³-hybridized carbons (Fsp3) is 0.111. The van der Waals surface area contributed by atoms with Gasteiger partial charge in [0.1, 0.15) is 11.6 Å². The van der Waals surface area contributed by atoms with E-state index in [1.165, 1.54) is 12.1 Å². The van der Waals surface area contributed by atoms with Crippen LogP contribution in [0.25, 0.3) is 10.9 Å². The molecule has 2 aromatic rings. The van der Waals surface area contributed by atoms with Gasteiger partial charge in [0.25, 0.3) is 5.56 Å². The Bertz CT molecular complexity index is 562. The Balaban J connectivity index is 2.99. The van der Waals surface area contributed by atoms with Crippen molar-refractivity contribution in [2.75, 3.05) is 5.84 Å². The number of rotatable bonds is 0. The van der Waals surface area contributed by atoms with Gasteiger partial charge in [-0.05, 0) is 25.1 Å². The molecular formula is C9H8FN3O. The summed E-state index contributed by atoms with van der Waals surface area (Å²) in [5, 5.41) is 0.193. The van der Waals surface area contributed by atoms with Crippen molar-refractivity contribution in [1.82, 2.24) is 9.66 Å². The van der Waals surface area contributed by atoms with Gasteiger partial charge in [-0.3, -0.25) is 4.79 Å². The Labute approximate surface area is 78.8 Å². The Hall–Kier alpha value is -1.91. The van der Waals surface area contributed by atoms with Gasteiger partial charge in [-0.1, -0.05) is 0 Å². The molecule has 0 atom stereocenters. The molecule has 14 heavy (non-hydrogen) atoms. The predicted molar refractivity (Wildman–Crippen MR) is 50.8 cm³/mol. The first-order valence-electron chi connectivity index (χ1n) is 4.03. The van der Waals surface area contributed by atoms with E-state index < -0.39 is 11.4 Å². The molecule has 1 heterocycles. The third-order valence-electron chi connectivity index (χ3n) is 2.04. The van der Waals surface area contributed by atoms with Crippen molar-refractivity contribution < 1.29 is 4.39 Å². The Kier molecular flexibility index (Phi) is 1.73. The highest BCUT2D eigenvalue weighted by molar-refractivity contribution is 5.77. The number of nitrogens with two attached hydrogens (primary N) is 1. The highest BCUT2D eigenvalue weighted by Gasteiger charge is 2.05. The second kappa shape index (κ2) is 2.80. The van der Waals surface area contributed by atoms with Crippen LogP contribution in [0.5, 0.6) is 0 Å². The van der Waals surface area contributed by atoms with Crippen molar-refractivity contribution in [3.8, 4) is 0 Å². The minimum absolute atomic E-state index is 0.193. The zero-order chi connectivity index (χ0) is 10.3. The first-order chi connectivity index (χ1) is 6.59. The summed E-state index contributed by atoms with van der Waals surface area (Å²) in [6, 6.07) is 3.85. The predicted octanol–water partition coefficient (Wildman–Crippen LogP) is 0.558. The number of hydrogen-bond acceptors (Lipinski definition) is 3. The van der Waals surface area contributed by atoms with E-state index in [9.17, 15) is 9.18 Å². The van der Waals surface area contributed by atoms with Crippen LogP contribution in [0.15, 0.2) is 23.0 Å². The standard InChI is InChI=1S/C9H8FN3O/c1-5-12-8-3-2-6(10)4-7(8)9(14)13(5)11/h2-4H,11H2,1H3. The zero-order valence-corrected chi connectivity index (χ0v) is 7.49. The SMILES string of the molecule is Cc1nc2ccc(F)cc2c(=O)n1N. The van der Waals surface area contributed by atoms with Crippen LogP contribution in [0.2, 0.25) is 0 Å². The van der Waals surface area contributed by atoms with Gasteiger partial charge in [0.2, 0.25) is 0 Å². The van der Waals surface area contributed by atoms with Crippen LogP contribution in [0.1, 0.15) is 5.82 Å². The highest BCUT2D eigenvalue weighted by Crippen LogP contribution is 2.08. The van der Waals surface area contributed by atoms with E-state index >= 15 is 0 Å². The van der Waals surface area contributed by atoms with Crippen LogP contribution in [0, 0.1) is 12.7 Å². The minimum atomic E-state index is -0.472. The van der Waals surface area contributed by atoms with Gasteiger partial charge in [-0.25, -0.2) is 14.1 Å². The maximum absolute atomic E-state index is 12.8. The van der Waals surface area contributed by atoms with E-state index in [4.69, 9.17) is 5.84 Å². The van der Waals surface area contributed by atoms with Crippen molar-refractivity contribution in [2.24, 2.45) is 0 Å². The van der Waals surface area contributed by atoms with Gasteiger partial charge in [-0.2, -0.15) is 0 Å². The third-order valence-corrected chi connectivity index (χ3v) is 2.04. The fourth-order valence-electron chi connectivity index (χ4n) is 1.28. The fourth-order valence-corrected chi connectivity index (χ4v) is 1.28. The molecule has 0 bridgehead atoms. The van der Waals surface area contributed by atoms with E-state index in [0.717, 1.165) is 10.7 Å². The molecule has 0 saturated heterocycles. The van der Waals surface area contributed by atoms with Gasteiger partial charge in [0.05, 0.1) is 10.9 Å². The smallest absolute Gasteiger partial charge is 0.279 e. The van der Waals surface area contributed by atoms with Crippen molar-refractivity contribution >= 4 is 10.9 Å². The Morgan fingerprint density at radius 3 is 2.93 bits per heavy atom. The lowest BCUT2D eigenvalue weighted by Gasteiger charge is -2.04. The number of hydrogen-bond donors (Lipinski definition) is 1. The molecule has 4 nitrogen and oxygen atoms in total. The van der Waals surface area contributed by atoms with E-state index in [1.807, 2.05) is 0 Å². The lowest BCUT2D eigenvalue weighted by molar-refractivity contribution is 0.629. The molecule has 0 aliphatic carbocycles. The molecule has 0 amide bonds. The van der Waals surface area contributed by atoms with E-state index in [2.05, 4.69) is 4.98 Å². The second-order valence-electron chi connectivity index (χ2n) is 3.00. The first kappa shape index (κ1) is 8.68. The van der Waals surface area contributed by atoms with E-state index in [-0.39, 0.29) is 5.39 Å². The van der Waals surface area contributed by atoms with Crippen molar-refractivity contribution in [2.45, 2.75) is 6.92 Å². The highest BCUT2D eigenvalue weighted by atomic mass is 19.1. The summed E-state index contributed by atoms with van der Waals surface area (Å²) in [6.45, 7) is 1.62. The molecule has 0 aliphatic rings. The molecule has 1 aromatic carbocycles. The number of nitrogen functional groups attached to an aromatic ring is 1. The van der Waals surface area contributed by atoms with E-state index in [0.29, 0.717) is 11.3 Å². The molecule has 72 valence electrons. The van der Waals surface area contributed by atoms with E-state index in [1.54, 1.807) is 6.92 Å². The minimum Gasteiger partial charge on any atom is -0.335 e. The molecular weight excluding hydrogens is 185 g/mol. The molecule has 0 spiro atoms. The molecule has 0 aliphatic heterocycles. The number of aromatic nitrogens is 2. The molecule has 2 N–H and O–H groups in total. The van der Waals surface area contributed by atoms with Crippen LogP contribution in [0.4, 0.5) is 4.39 Å². The Morgan fingerprint density at radius 2 is 2.21 bits per heavy atom. The molecule has 0 fully saturated rings. The van der Waals surface area contributed by atoms with Crippen LogP contribution >= 0.6 is 0 Å². The topological polar surface area (TPSA) is 60.9 Å². The summed E-state index contributed by atoms with van der Waals surface area (Å²) in [7, 11) is 0. The number of nitrogens with zero attached hydrogens (tertiary/aromatic N) is 2. The summed E-state index contributed by atoms with van der Waals surface area (Å²) in [5.74, 6) is 5.34. The quantitative estimate of drug-likeness (QED) is 0.622. The maximum atomic E-state index is 12.8. The average molecular weight is 193 g/mol. The largest absolute Gasteiger partial charge is 0.335 e. The normalized spacial score (nSPS) is 10.7. The number of aryl methyl sites for hydroxylation is 1. The summed E-state index contributed by atoms with van der Waals surface area (Å²) in [5.41, 5.74) is 0.0163. The number of fused-ring (bicyclic) bond motifs is 1. The summed E-state index contributed by atoms with van der Waals surface area (Å²) in [6.07, 6.45) is 0. The zero-order valence-electron chi connectivity index (χ0n) is 7.49. The molecule has 0 saturated carbocycles. The van der Waals surface area contributed by atoms with Crippen LogP contribution < -0.4 is 11.4 Å². The van der Waals surface area contributed by atoms with Crippen molar-refractivity contribution in [1.29, 1.82) is 0 Å².